The van der Waals surface area contributed by atoms with Crippen LogP contribution in [0.5, 0.6) is 0 Å². The standard InChI is InChI=1S/C14H17ClN4O2S/c1-18-9-14(16-10-18)22(20,21)19-6-5-13(8-19)17-12-4-2-3-11(15)7-12/h2-4,7,9-10,13,17H,5-6,8H2,1H3. The quantitative estimate of drug-likeness (QED) is 0.923. The second-order valence-electron chi connectivity index (χ2n) is 5.38. The van der Waals surface area contributed by atoms with Crippen LogP contribution in [0.4, 0.5) is 5.69 Å². The summed E-state index contributed by atoms with van der Waals surface area (Å²) in [4.78, 5) is 3.95. The van der Waals surface area contributed by atoms with E-state index in [1.165, 1.54) is 16.8 Å². The molecule has 1 aromatic heterocycles. The Labute approximate surface area is 134 Å². The first-order valence-electron chi connectivity index (χ1n) is 6.95. The first-order chi connectivity index (χ1) is 10.4. The average Bonchev–Trinajstić information content (AvgIpc) is 3.08. The highest BCUT2D eigenvalue weighted by molar-refractivity contribution is 7.89. The van der Waals surface area contributed by atoms with Crippen LogP contribution in [-0.2, 0) is 17.1 Å². The van der Waals surface area contributed by atoms with Gasteiger partial charge < -0.3 is 9.88 Å². The Morgan fingerprint density at radius 2 is 2.23 bits per heavy atom. The number of anilines is 1. The Bertz CT molecular complexity index is 775. The van der Waals surface area contributed by atoms with Crippen molar-refractivity contribution in [3.63, 3.8) is 0 Å². The number of aromatic nitrogens is 2. The molecule has 0 bridgehead atoms. The average molecular weight is 341 g/mol. The molecule has 3 rings (SSSR count). The Kier molecular flexibility index (Phi) is 4.12. The van der Waals surface area contributed by atoms with E-state index >= 15 is 0 Å². The number of sulfonamides is 1. The Balaban J connectivity index is 1.69. The van der Waals surface area contributed by atoms with Gasteiger partial charge in [0.15, 0.2) is 5.03 Å². The minimum absolute atomic E-state index is 0.0666. The van der Waals surface area contributed by atoms with Crippen molar-refractivity contribution in [2.75, 3.05) is 18.4 Å². The van der Waals surface area contributed by atoms with E-state index in [4.69, 9.17) is 11.6 Å². The summed E-state index contributed by atoms with van der Waals surface area (Å²) in [7, 11) is -1.77. The van der Waals surface area contributed by atoms with Gasteiger partial charge in [-0.1, -0.05) is 17.7 Å². The maximum Gasteiger partial charge on any atom is 0.262 e. The molecule has 118 valence electrons. The van der Waals surface area contributed by atoms with E-state index in [-0.39, 0.29) is 11.1 Å². The van der Waals surface area contributed by atoms with Gasteiger partial charge in [0.05, 0.1) is 6.33 Å². The van der Waals surface area contributed by atoms with Gasteiger partial charge in [-0.2, -0.15) is 4.31 Å². The zero-order chi connectivity index (χ0) is 15.7. The summed E-state index contributed by atoms with van der Waals surface area (Å²) >= 11 is 5.96. The summed E-state index contributed by atoms with van der Waals surface area (Å²) in [5, 5.41) is 4.07. The van der Waals surface area contributed by atoms with Gasteiger partial charge in [0.1, 0.15) is 0 Å². The highest BCUT2D eigenvalue weighted by Crippen LogP contribution is 2.23. The predicted octanol–water partition coefficient (Wildman–Crippen LogP) is 1.95. The number of hydrogen-bond donors (Lipinski definition) is 1. The number of benzene rings is 1. The third-order valence-corrected chi connectivity index (χ3v) is 5.62. The van der Waals surface area contributed by atoms with E-state index in [1.54, 1.807) is 17.7 Å². The minimum atomic E-state index is -3.52. The van der Waals surface area contributed by atoms with Gasteiger partial charge in [0.2, 0.25) is 0 Å². The van der Waals surface area contributed by atoms with Gasteiger partial charge in [0.25, 0.3) is 10.0 Å². The minimum Gasteiger partial charge on any atom is -0.381 e. The zero-order valence-electron chi connectivity index (χ0n) is 12.1. The van der Waals surface area contributed by atoms with Crippen molar-refractivity contribution < 1.29 is 8.42 Å². The normalized spacial score (nSPS) is 19.5. The highest BCUT2D eigenvalue weighted by atomic mass is 35.5. The molecule has 0 saturated carbocycles. The lowest BCUT2D eigenvalue weighted by atomic mass is 10.2. The summed E-state index contributed by atoms with van der Waals surface area (Å²) in [5.74, 6) is 0. The van der Waals surface area contributed by atoms with Crippen molar-refractivity contribution in [1.29, 1.82) is 0 Å². The lowest BCUT2D eigenvalue weighted by Crippen LogP contribution is -2.31. The molecular formula is C14H17ClN4O2S. The monoisotopic (exact) mass is 340 g/mol. The first-order valence-corrected chi connectivity index (χ1v) is 8.77. The second-order valence-corrected chi connectivity index (χ2v) is 7.70. The van der Waals surface area contributed by atoms with Crippen molar-refractivity contribution in [3.05, 3.63) is 41.8 Å². The van der Waals surface area contributed by atoms with Gasteiger partial charge in [-0.15, -0.1) is 0 Å². The second kappa shape index (κ2) is 5.91. The molecule has 22 heavy (non-hydrogen) atoms. The molecule has 0 amide bonds. The molecule has 1 aliphatic heterocycles. The van der Waals surface area contributed by atoms with E-state index in [9.17, 15) is 8.42 Å². The van der Waals surface area contributed by atoms with E-state index in [0.29, 0.717) is 18.1 Å². The van der Waals surface area contributed by atoms with Crippen LogP contribution in [0.3, 0.4) is 0 Å². The fraction of sp³-hybridized carbons (Fsp3) is 0.357. The number of imidazole rings is 1. The molecule has 1 unspecified atom stereocenters. The molecule has 1 aliphatic rings. The molecule has 2 heterocycles. The molecule has 1 aromatic carbocycles. The molecule has 2 aromatic rings. The molecule has 8 heteroatoms. The molecule has 1 N–H and O–H groups in total. The summed E-state index contributed by atoms with van der Waals surface area (Å²) in [5.41, 5.74) is 0.898. The zero-order valence-corrected chi connectivity index (χ0v) is 13.7. The van der Waals surface area contributed by atoms with Crippen molar-refractivity contribution in [1.82, 2.24) is 13.9 Å². The highest BCUT2D eigenvalue weighted by Gasteiger charge is 2.33. The van der Waals surface area contributed by atoms with Gasteiger partial charge in [-0.3, -0.25) is 0 Å². The molecule has 1 fully saturated rings. The van der Waals surface area contributed by atoms with E-state index < -0.39 is 10.0 Å². The van der Waals surface area contributed by atoms with Gasteiger partial charge in [-0.05, 0) is 24.6 Å². The van der Waals surface area contributed by atoms with Gasteiger partial charge in [-0.25, -0.2) is 13.4 Å². The molecular weight excluding hydrogens is 324 g/mol. The number of halogens is 1. The Morgan fingerprint density at radius 3 is 2.91 bits per heavy atom. The molecule has 0 aliphatic carbocycles. The summed E-state index contributed by atoms with van der Waals surface area (Å²) in [6, 6.07) is 7.48. The number of nitrogens with one attached hydrogen (secondary N) is 1. The Morgan fingerprint density at radius 1 is 1.41 bits per heavy atom. The third kappa shape index (κ3) is 3.11. The number of hydrogen-bond acceptors (Lipinski definition) is 4. The van der Waals surface area contributed by atoms with Crippen LogP contribution in [-0.4, -0.2) is 41.4 Å². The maximum absolute atomic E-state index is 12.5. The van der Waals surface area contributed by atoms with Crippen molar-refractivity contribution in [2.24, 2.45) is 7.05 Å². The molecule has 1 saturated heterocycles. The van der Waals surface area contributed by atoms with Crippen molar-refractivity contribution in [2.45, 2.75) is 17.5 Å². The van der Waals surface area contributed by atoms with Crippen LogP contribution in [0.25, 0.3) is 0 Å². The Hall–Kier alpha value is -1.57. The van der Waals surface area contributed by atoms with Gasteiger partial charge in [0, 0.05) is 43.1 Å². The van der Waals surface area contributed by atoms with Crippen molar-refractivity contribution >= 4 is 27.3 Å². The number of aryl methyl sites for hydroxylation is 1. The van der Waals surface area contributed by atoms with Crippen LogP contribution in [0.2, 0.25) is 5.02 Å². The predicted molar refractivity (Wildman–Crippen MR) is 85.4 cm³/mol. The fourth-order valence-electron chi connectivity index (χ4n) is 2.53. The smallest absolute Gasteiger partial charge is 0.262 e. The topological polar surface area (TPSA) is 67.2 Å². The molecule has 6 nitrogen and oxygen atoms in total. The van der Waals surface area contributed by atoms with Crippen LogP contribution < -0.4 is 5.32 Å². The molecule has 1 atom stereocenters. The lowest BCUT2D eigenvalue weighted by Gasteiger charge is -2.16. The van der Waals surface area contributed by atoms with Gasteiger partial charge >= 0.3 is 0 Å². The summed E-state index contributed by atoms with van der Waals surface area (Å²) in [6.45, 7) is 0.905. The summed E-state index contributed by atoms with van der Waals surface area (Å²) in [6.07, 6.45) is 3.76. The van der Waals surface area contributed by atoms with Crippen LogP contribution in [0, 0.1) is 0 Å². The van der Waals surface area contributed by atoms with Crippen molar-refractivity contribution in [3.8, 4) is 0 Å². The molecule has 0 spiro atoms. The number of nitrogens with zero attached hydrogens (tertiary/aromatic N) is 3. The largest absolute Gasteiger partial charge is 0.381 e. The lowest BCUT2D eigenvalue weighted by molar-refractivity contribution is 0.472. The van der Waals surface area contributed by atoms with Crippen LogP contribution in [0.15, 0.2) is 41.8 Å². The van der Waals surface area contributed by atoms with E-state index in [2.05, 4.69) is 10.3 Å². The fourth-order valence-corrected chi connectivity index (χ4v) is 4.19. The van der Waals surface area contributed by atoms with Crippen LogP contribution >= 0.6 is 11.6 Å². The van der Waals surface area contributed by atoms with E-state index in [0.717, 1.165) is 12.1 Å². The number of rotatable bonds is 4. The first kappa shape index (κ1) is 15.3. The SMILES string of the molecule is Cn1cnc(S(=O)(=O)N2CCC(Nc3cccc(Cl)c3)C2)c1. The van der Waals surface area contributed by atoms with E-state index in [1.807, 2.05) is 18.2 Å². The maximum atomic E-state index is 12.5. The third-order valence-electron chi connectivity index (χ3n) is 3.63. The van der Waals surface area contributed by atoms with Crippen LogP contribution in [0.1, 0.15) is 6.42 Å². The summed E-state index contributed by atoms with van der Waals surface area (Å²) < 4.78 is 28.1. The molecule has 0 radical (unpaired) electrons.